The molecule has 2 nitrogen and oxygen atoms in total. The summed E-state index contributed by atoms with van der Waals surface area (Å²) in [6.07, 6.45) is -4.93. The molecule has 0 saturated heterocycles. The van der Waals surface area contributed by atoms with Crippen LogP contribution in [0, 0.1) is 0 Å². The Morgan fingerprint density at radius 1 is 1.37 bits per heavy atom. The highest BCUT2D eigenvalue weighted by Gasteiger charge is 2.27. The first-order valence-electron chi connectivity index (χ1n) is 5.99. The van der Waals surface area contributed by atoms with Crippen molar-refractivity contribution in [2.45, 2.75) is 25.6 Å². The van der Waals surface area contributed by atoms with Crippen molar-refractivity contribution in [3.8, 4) is 0 Å². The van der Waals surface area contributed by atoms with Crippen LogP contribution in [-0.2, 0) is 0 Å². The summed E-state index contributed by atoms with van der Waals surface area (Å²) in [6, 6.07) is 5.79. The quantitative estimate of drug-likeness (QED) is 0.868. The molecule has 1 N–H and O–H groups in total. The van der Waals surface area contributed by atoms with E-state index in [-0.39, 0.29) is 12.6 Å². The van der Waals surface area contributed by atoms with Gasteiger partial charge in [-0.2, -0.15) is 13.2 Å². The van der Waals surface area contributed by atoms with Crippen molar-refractivity contribution in [3.63, 3.8) is 0 Å². The van der Waals surface area contributed by atoms with Gasteiger partial charge in [0.2, 0.25) is 0 Å². The molecule has 0 fully saturated rings. The zero-order valence-corrected chi connectivity index (χ0v) is 12.8. The lowest BCUT2D eigenvalue weighted by Gasteiger charge is -2.22. The number of nitrogens with zero attached hydrogens (tertiary/aromatic N) is 1. The van der Waals surface area contributed by atoms with Crippen LogP contribution in [-0.4, -0.2) is 26.8 Å². The van der Waals surface area contributed by atoms with E-state index in [1.165, 1.54) is 0 Å². The molecular weight excluding hydrogens is 321 g/mol. The number of benzene rings is 1. The van der Waals surface area contributed by atoms with Gasteiger partial charge < -0.3 is 10.2 Å². The molecule has 0 aliphatic rings. The summed E-state index contributed by atoms with van der Waals surface area (Å²) >= 11 is 3.46. The van der Waals surface area contributed by atoms with Gasteiger partial charge in [-0.25, -0.2) is 0 Å². The van der Waals surface area contributed by atoms with Crippen molar-refractivity contribution in [2.75, 3.05) is 25.5 Å². The van der Waals surface area contributed by atoms with E-state index >= 15 is 0 Å². The van der Waals surface area contributed by atoms with Crippen molar-refractivity contribution in [2.24, 2.45) is 0 Å². The lowest BCUT2D eigenvalue weighted by Crippen LogP contribution is -2.24. The van der Waals surface area contributed by atoms with Crippen molar-refractivity contribution in [1.82, 2.24) is 5.32 Å². The van der Waals surface area contributed by atoms with Crippen LogP contribution in [0.15, 0.2) is 22.7 Å². The molecule has 0 saturated carbocycles. The van der Waals surface area contributed by atoms with Crippen LogP contribution in [0.3, 0.4) is 0 Å². The molecule has 0 aliphatic heterocycles. The van der Waals surface area contributed by atoms with Crippen molar-refractivity contribution in [1.29, 1.82) is 0 Å². The van der Waals surface area contributed by atoms with E-state index in [9.17, 15) is 13.2 Å². The van der Waals surface area contributed by atoms with Crippen molar-refractivity contribution < 1.29 is 13.2 Å². The molecule has 1 rings (SSSR count). The third-order valence-electron chi connectivity index (χ3n) is 3.06. The molecule has 0 aliphatic carbocycles. The minimum absolute atomic E-state index is 0.0448. The number of alkyl halides is 3. The van der Waals surface area contributed by atoms with E-state index in [0.29, 0.717) is 0 Å². The summed E-state index contributed by atoms with van der Waals surface area (Å²) in [6.45, 7) is 1.98. The van der Waals surface area contributed by atoms with Gasteiger partial charge >= 0.3 is 6.18 Å². The number of hydrogen-bond donors (Lipinski definition) is 1. The van der Waals surface area contributed by atoms with Crippen molar-refractivity contribution in [3.05, 3.63) is 28.2 Å². The van der Waals surface area contributed by atoms with Crippen LogP contribution >= 0.6 is 15.9 Å². The van der Waals surface area contributed by atoms with E-state index in [0.717, 1.165) is 15.7 Å². The van der Waals surface area contributed by atoms with Gasteiger partial charge in [-0.1, -0.05) is 22.0 Å². The van der Waals surface area contributed by atoms with Gasteiger partial charge in [0.05, 0.1) is 6.42 Å². The smallest absolute Gasteiger partial charge is 0.374 e. The fourth-order valence-corrected chi connectivity index (χ4v) is 2.39. The molecule has 0 amide bonds. The number of anilines is 1. The minimum Gasteiger partial charge on any atom is -0.374 e. The topological polar surface area (TPSA) is 15.3 Å². The third kappa shape index (κ3) is 5.03. The van der Waals surface area contributed by atoms with Crippen LogP contribution in [0.2, 0.25) is 0 Å². The van der Waals surface area contributed by atoms with Gasteiger partial charge in [0.25, 0.3) is 0 Å². The maximum Gasteiger partial charge on any atom is 0.390 e. The summed E-state index contributed by atoms with van der Waals surface area (Å²) in [7, 11) is 3.52. The first-order valence-corrected chi connectivity index (χ1v) is 6.78. The number of nitrogens with one attached hydrogen (secondary N) is 1. The highest BCUT2D eigenvalue weighted by molar-refractivity contribution is 9.10. The Hall–Kier alpha value is -0.750. The van der Waals surface area contributed by atoms with E-state index in [1.807, 2.05) is 32.2 Å². The van der Waals surface area contributed by atoms with Gasteiger partial charge in [-0.15, -0.1) is 0 Å². The predicted octanol–water partition coefficient (Wildman–Crippen LogP) is 4.12. The monoisotopic (exact) mass is 338 g/mol. The zero-order chi connectivity index (χ0) is 14.6. The molecule has 1 aromatic carbocycles. The van der Waals surface area contributed by atoms with Gasteiger partial charge in [0.15, 0.2) is 0 Å². The van der Waals surface area contributed by atoms with E-state index < -0.39 is 12.6 Å². The van der Waals surface area contributed by atoms with Crippen LogP contribution in [0.1, 0.15) is 24.9 Å². The average molecular weight is 339 g/mol. The number of halogens is 4. The molecule has 108 valence electrons. The Kier molecular flexibility index (Phi) is 5.67. The molecule has 0 heterocycles. The van der Waals surface area contributed by atoms with Gasteiger partial charge in [0, 0.05) is 29.8 Å². The average Bonchev–Trinajstić information content (AvgIpc) is 2.34. The second-order valence-corrected chi connectivity index (χ2v) is 5.36. The molecule has 0 spiro atoms. The SMILES string of the molecule is CNC(C)c1ccc(N(C)CCC(F)(F)F)cc1Br. The summed E-state index contributed by atoms with van der Waals surface area (Å²) in [5.74, 6) is 0. The first kappa shape index (κ1) is 16.3. The zero-order valence-electron chi connectivity index (χ0n) is 11.2. The fourth-order valence-electron chi connectivity index (χ4n) is 1.68. The maximum absolute atomic E-state index is 12.2. The third-order valence-corrected chi connectivity index (χ3v) is 3.74. The molecule has 0 aromatic heterocycles. The Labute approximate surface area is 120 Å². The van der Waals surface area contributed by atoms with Crippen LogP contribution in [0.5, 0.6) is 0 Å². The van der Waals surface area contributed by atoms with Crippen LogP contribution < -0.4 is 10.2 Å². The molecule has 1 aromatic rings. The van der Waals surface area contributed by atoms with E-state index in [1.54, 1.807) is 11.9 Å². The molecule has 6 heteroatoms. The van der Waals surface area contributed by atoms with Crippen LogP contribution in [0.25, 0.3) is 0 Å². The summed E-state index contributed by atoms with van der Waals surface area (Å²) in [4.78, 5) is 1.60. The first-order chi connectivity index (χ1) is 8.74. The summed E-state index contributed by atoms with van der Waals surface area (Å²) in [5.41, 5.74) is 1.85. The molecule has 19 heavy (non-hydrogen) atoms. The predicted molar refractivity (Wildman–Crippen MR) is 75.6 cm³/mol. The normalized spacial score (nSPS) is 13.4. The lowest BCUT2D eigenvalue weighted by molar-refractivity contribution is -0.132. The van der Waals surface area contributed by atoms with E-state index in [2.05, 4.69) is 21.2 Å². The standard InChI is InChI=1S/C13H18BrF3N2/c1-9(18-2)11-5-4-10(8-12(11)14)19(3)7-6-13(15,16)17/h4-5,8-9,18H,6-7H2,1-3H3. The Balaban J connectivity index is 2.77. The van der Waals surface area contributed by atoms with Crippen LogP contribution in [0.4, 0.5) is 18.9 Å². The second kappa shape index (κ2) is 6.61. The number of hydrogen-bond acceptors (Lipinski definition) is 2. The second-order valence-electron chi connectivity index (χ2n) is 4.50. The molecule has 0 bridgehead atoms. The Morgan fingerprint density at radius 2 is 2.00 bits per heavy atom. The highest BCUT2D eigenvalue weighted by Crippen LogP contribution is 2.28. The fraction of sp³-hybridized carbons (Fsp3) is 0.538. The summed E-state index contributed by atoms with van der Waals surface area (Å²) in [5, 5.41) is 3.12. The molecule has 0 radical (unpaired) electrons. The van der Waals surface area contributed by atoms with Gasteiger partial charge in [-0.05, 0) is 31.7 Å². The Bertz CT molecular complexity index is 421. The molecule has 1 atom stereocenters. The summed E-state index contributed by atoms with van der Waals surface area (Å²) < 4.78 is 37.4. The van der Waals surface area contributed by atoms with Gasteiger partial charge in [0.1, 0.15) is 0 Å². The molecule has 1 unspecified atom stereocenters. The Morgan fingerprint density at radius 3 is 2.47 bits per heavy atom. The van der Waals surface area contributed by atoms with Crippen molar-refractivity contribution >= 4 is 21.6 Å². The molecular formula is C13H18BrF3N2. The lowest BCUT2D eigenvalue weighted by atomic mass is 10.1. The van der Waals surface area contributed by atoms with E-state index in [4.69, 9.17) is 0 Å². The van der Waals surface area contributed by atoms with Gasteiger partial charge in [-0.3, -0.25) is 0 Å². The largest absolute Gasteiger partial charge is 0.390 e. The minimum atomic E-state index is -4.12. The number of rotatable bonds is 5. The highest BCUT2D eigenvalue weighted by atomic mass is 79.9. The maximum atomic E-state index is 12.2.